The topological polar surface area (TPSA) is 26.3 Å². The second kappa shape index (κ2) is 3.54. The van der Waals surface area contributed by atoms with Crippen molar-refractivity contribution in [2.24, 2.45) is 0 Å². The van der Waals surface area contributed by atoms with Crippen molar-refractivity contribution in [3.8, 4) is 0 Å². The lowest BCUT2D eigenvalue weighted by molar-refractivity contribution is 0.0448. The molecule has 2 rings (SSSR count). The second-order valence-electron chi connectivity index (χ2n) is 4.06. The molecule has 0 aliphatic carbocycles. The number of allylic oxidation sites excluding steroid dienone is 1. The molecule has 0 saturated heterocycles. The van der Waals surface area contributed by atoms with Gasteiger partial charge in [-0.05, 0) is 32.4 Å². The minimum Gasteiger partial charge on any atom is -0.449 e. The molecule has 0 saturated carbocycles. The standard InChI is InChI=1S/C13H14O2/c1-8(2)9(3)12-10-6-4-5-7-11(10)13(14)15-12/h4-7,12H,1-3H3. The number of hydrogen-bond donors (Lipinski definition) is 0. The molecular formula is C13H14O2. The summed E-state index contributed by atoms with van der Waals surface area (Å²) in [5, 5.41) is 0. The van der Waals surface area contributed by atoms with E-state index in [1.165, 1.54) is 5.57 Å². The van der Waals surface area contributed by atoms with Gasteiger partial charge in [0.15, 0.2) is 0 Å². The van der Waals surface area contributed by atoms with E-state index in [1.54, 1.807) is 0 Å². The fourth-order valence-corrected chi connectivity index (χ4v) is 1.73. The third-order valence-electron chi connectivity index (χ3n) is 2.87. The first-order chi connectivity index (χ1) is 7.11. The van der Waals surface area contributed by atoms with Crippen LogP contribution in [-0.4, -0.2) is 5.97 Å². The van der Waals surface area contributed by atoms with Crippen molar-refractivity contribution in [3.05, 3.63) is 46.5 Å². The van der Waals surface area contributed by atoms with Crippen LogP contribution in [0, 0.1) is 0 Å². The fraction of sp³-hybridized carbons (Fsp3) is 0.308. The summed E-state index contributed by atoms with van der Waals surface area (Å²) < 4.78 is 5.36. The van der Waals surface area contributed by atoms with Gasteiger partial charge in [0.2, 0.25) is 0 Å². The summed E-state index contributed by atoms with van der Waals surface area (Å²) >= 11 is 0. The Bertz CT molecular complexity index is 440. The van der Waals surface area contributed by atoms with Gasteiger partial charge in [0, 0.05) is 5.56 Å². The molecule has 1 aliphatic heterocycles. The van der Waals surface area contributed by atoms with Crippen LogP contribution in [0.25, 0.3) is 0 Å². The molecule has 2 nitrogen and oxygen atoms in total. The van der Waals surface area contributed by atoms with Crippen molar-refractivity contribution >= 4 is 5.97 Å². The lowest BCUT2D eigenvalue weighted by Crippen LogP contribution is -2.01. The molecule has 0 fully saturated rings. The number of rotatable bonds is 1. The van der Waals surface area contributed by atoms with Crippen molar-refractivity contribution in [2.45, 2.75) is 26.9 Å². The highest BCUT2D eigenvalue weighted by Gasteiger charge is 2.31. The summed E-state index contributed by atoms with van der Waals surface area (Å²) in [6.07, 6.45) is -0.182. The van der Waals surface area contributed by atoms with E-state index in [4.69, 9.17) is 4.74 Å². The predicted molar refractivity (Wildman–Crippen MR) is 58.6 cm³/mol. The molecule has 1 aliphatic rings. The van der Waals surface area contributed by atoms with Crippen LogP contribution < -0.4 is 0 Å². The van der Waals surface area contributed by atoms with Crippen molar-refractivity contribution in [1.29, 1.82) is 0 Å². The van der Waals surface area contributed by atoms with E-state index in [2.05, 4.69) is 0 Å². The van der Waals surface area contributed by atoms with E-state index in [1.807, 2.05) is 45.0 Å². The fourth-order valence-electron chi connectivity index (χ4n) is 1.73. The van der Waals surface area contributed by atoms with E-state index < -0.39 is 0 Å². The molecule has 0 bridgehead atoms. The molecule has 0 radical (unpaired) electrons. The van der Waals surface area contributed by atoms with Crippen molar-refractivity contribution < 1.29 is 9.53 Å². The second-order valence-corrected chi connectivity index (χ2v) is 4.06. The molecule has 1 atom stereocenters. The minimum atomic E-state index is -0.212. The number of cyclic esters (lactones) is 1. The van der Waals surface area contributed by atoms with Gasteiger partial charge in [-0.2, -0.15) is 0 Å². The normalized spacial score (nSPS) is 18.3. The van der Waals surface area contributed by atoms with Gasteiger partial charge < -0.3 is 4.74 Å². The van der Waals surface area contributed by atoms with Gasteiger partial charge in [0.25, 0.3) is 0 Å². The SMILES string of the molecule is CC(C)=C(C)C1OC(=O)c2ccccc21. The maximum atomic E-state index is 11.6. The number of esters is 1. The Kier molecular flexibility index (Phi) is 2.35. The van der Waals surface area contributed by atoms with E-state index >= 15 is 0 Å². The van der Waals surface area contributed by atoms with Gasteiger partial charge in [-0.25, -0.2) is 4.79 Å². The summed E-state index contributed by atoms with van der Waals surface area (Å²) in [7, 11) is 0. The zero-order valence-electron chi connectivity index (χ0n) is 9.20. The summed E-state index contributed by atoms with van der Waals surface area (Å²) in [6.45, 7) is 6.07. The average molecular weight is 202 g/mol. The molecule has 1 aromatic rings. The lowest BCUT2D eigenvalue weighted by atomic mass is 9.98. The van der Waals surface area contributed by atoms with Crippen molar-refractivity contribution in [1.82, 2.24) is 0 Å². The number of carbonyl (C=O) groups is 1. The average Bonchev–Trinajstić information content (AvgIpc) is 2.56. The zero-order valence-corrected chi connectivity index (χ0v) is 9.20. The Labute approximate surface area is 89.6 Å². The van der Waals surface area contributed by atoms with Gasteiger partial charge in [-0.15, -0.1) is 0 Å². The Morgan fingerprint density at radius 3 is 2.53 bits per heavy atom. The third-order valence-corrected chi connectivity index (χ3v) is 2.87. The number of fused-ring (bicyclic) bond motifs is 1. The predicted octanol–water partition coefficient (Wildman–Crippen LogP) is 3.25. The van der Waals surface area contributed by atoms with Crippen LogP contribution in [0.2, 0.25) is 0 Å². The van der Waals surface area contributed by atoms with Gasteiger partial charge in [0.05, 0.1) is 5.56 Å². The van der Waals surface area contributed by atoms with Crippen molar-refractivity contribution in [3.63, 3.8) is 0 Å². The lowest BCUT2D eigenvalue weighted by Gasteiger charge is -2.12. The Morgan fingerprint density at radius 1 is 1.20 bits per heavy atom. The largest absolute Gasteiger partial charge is 0.449 e. The van der Waals surface area contributed by atoms with Crippen LogP contribution in [0.15, 0.2) is 35.4 Å². The monoisotopic (exact) mass is 202 g/mol. The molecule has 15 heavy (non-hydrogen) atoms. The molecule has 0 spiro atoms. The quantitative estimate of drug-likeness (QED) is 0.516. The molecule has 0 amide bonds. The third kappa shape index (κ3) is 1.56. The number of benzene rings is 1. The first-order valence-electron chi connectivity index (χ1n) is 5.05. The number of carbonyl (C=O) groups excluding carboxylic acids is 1. The van der Waals surface area contributed by atoms with E-state index in [0.29, 0.717) is 5.56 Å². The number of hydrogen-bond acceptors (Lipinski definition) is 2. The molecule has 1 heterocycles. The maximum Gasteiger partial charge on any atom is 0.339 e. The highest BCUT2D eigenvalue weighted by molar-refractivity contribution is 5.94. The van der Waals surface area contributed by atoms with E-state index in [0.717, 1.165) is 11.1 Å². The summed E-state index contributed by atoms with van der Waals surface area (Å²) in [6, 6.07) is 7.57. The van der Waals surface area contributed by atoms with E-state index in [9.17, 15) is 4.79 Å². The first kappa shape index (κ1) is 9.97. The summed E-state index contributed by atoms with van der Waals surface area (Å²) in [4.78, 5) is 11.6. The van der Waals surface area contributed by atoms with Gasteiger partial charge in [0.1, 0.15) is 6.10 Å². The molecular weight excluding hydrogens is 188 g/mol. The molecule has 1 unspecified atom stereocenters. The van der Waals surface area contributed by atoms with Crippen LogP contribution in [0.3, 0.4) is 0 Å². The zero-order chi connectivity index (χ0) is 11.0. The van der Waals surface area contributed by atoms with Crippen LogP contribution in [0.5, 0.6) is 0 Å². The van der Waals surface area contributed by atoms with Crippen LogP contribution >= 0.6 is 0 Å². The van der Waals surface area contributed by atoms with Crippen LogP contribution in [-0.2, 0) is 4.74 Å². The van der Waals surface area contributed by atoms with Crippen LogP contribution in [0.1, 0.15) is 42.8 Å². The van der Waals surface area contributed by atoms with Gasteiger partial charge in [-0.1, -0.05) is 23.8 Å². The minimum absolute atomic E-state index is 0.182. The van der Waals surface area contributed by atoms with Crippen molar-refractivity contribution in [2.75, 3.05) is 0 Å². The summed E-state index contributed by atoms with van der Waals surface area (Å²) in [5.74, 6) is -0.212. The first-order valence-corrected chi connectivity index (χ1v) is 5.05. The Hall–Kier alpha value is -1.57. The highest BCUT2D eigenvalue weighted by Crippen LogP contribution is 2.36. The van der Waals surface area contributed by atoms with Gasteiger partial charge >= 0.3 is 5.97 Å². The molecule has 1 aromatic carbocycles. The van der Waals surface area contributed by atoms with Gasteiger partial charge in [-0.3, -0.25) is 0 Å². The van der Waals surface area contributed by atoms with E-state index in [-0.39, 0.29) is 12.1 Å². The van der Waals surface area contributed by atoms with Crippen LogP contribution in [0.4, 0.5) is 0 Å². The smallest absolute Gasteiger partial charge is 0.339 e. The molecule has 2 heteroatoms. The highest BCUT2D eigenvalue weighted by atomic mass is 16.5. The molecule has 0 N–H and O–H groups in total. The molecule has 78 valence electrons. The maximum absolute atomic E-state index is 11.6. The Balaban J connectivity index is 2.50. The summed E-state index contributed by atoms with van der Waals surface area (Å²) in [5.41, 5.74) is 4.00. The molecule has 0 aromatic heterocycles. The Morgan fingerprint density at radius 2 is 1.87 bits per heavy atom. The number of ether oxygens (including phenoxy) is 1.